The molecule has 1 amide bonds. The second kappa shape index (κ2) is 10.7. The molecular formula is C23H32N6O3S. The van der Waals surface area contributed by atoms with Crippen LogP contribution in [0.2, 0.25) is 0 Å². The smallest absolute Gasteiger partial charge is 0.309 e. The normalized spacial score (nSPS) is 17.8. The van der Waals surface area contributed by atoms with Crippen molar-refractivity contribution in [3.8, 4) is 0 Å². The van der Waals surface area contributed by atoms with Crippen molar-refractivity contribution in [2.75, 3.05) is 5.75 Å². The minimum absolute atomic E-state index is 0.0196. The number of benzene rings is 1. The number of hydrogen-bond acceptors (Lipinski definition) is 5. The number of aromatic amines is 1. The Morgan fingerprint density at radius 3 is 2.42 bits per heavy atom. The van der Waals surface area contributed by atoms with Gasteiger partial charge in [-0.15, -0.1) is 0 Å². The quantitative estimate of drug-likeness (QED) is 0.513. The molecule has 0 saturated carbocycles. The van der Waals surface area contributed by atoms with Gasteiger partial charge in [0.05, 0.1) is 6.54 Å². The van der Waals surface area contributed by atoms with Crippen LogP contribution >= 0.6 is 0 Å². The first-order chi connectivity index (χ1) is 15.8. The molecule has 1 aliphatic heterocycles. The van der Waals surface area contributed by atoms with Crippen molar-refractivity contribution in [3.63, 3.8) is 0 Å². The van der Waals surface area contributed by atoms with E-state index in [1.165, 1.54) is 4.57 Å². The van der Waals surface area contributed by atoms with E-state index in [4.69, 9.17) is 5.41 Å². The van der Waals surface area contributed by atoms with Gasteiger partial charge < -0.3 is 10.3 Å². The van der Waals surface area contributed by atoms with E-state index in [2.05, 4.69) is 19.7 Å². The van der Waals surface area contributed by atoms with Gasteiger partial charge in [0, 0.05) is 11.7 Å². The molecule has 33 heavy (non-hydrogen) atoms. The van der Waals surface area contributed by atoms with Crippen molar-refractivity contribution < 1.29 is 9.00 Å². The first-order valence-corrected chi connectivity index (χ1v) is 13.1. The molecule has 10 heteroatoms. The Bertz CT molecular complexity index is 1210. The van der Waals surface area contributed by atoms with E-state index in [0.717, 1.165) is 31.2 Å². The largest absolute Gasteiger partial charge is 0.328 e. The summed E-state index contributed by atoms with van der Waals surface area (Å²) in [5.74, 6) is -0.137. The summed E-state index contributed by atoms with van der Waals surface area (Å²) in [7, 11) is -3.19. The van der Waals surface area contributed by atoms with Crippen molar-refractivity contribution in [1.29, 1.82) is 5.41 Å². The lowest BCUT2D eigenvalue weighted by Gasteiger charge is -2.15. The number of fused-ring (bicyclic) bond motifs is 1. The lowest BCUT2D eigenvalue weighted by molar-refractivity contribution is -0.124. The number of H-pyrrole nitrogens is 1. The van der Waals surface area contributed by atoms with Gasteiger partial charge in [0.25, 0.3) is 0 Å². The molecule has 0 aliphatic carbocycles. The molecule has 0 spiro atoms. The number of nitrogens with one attached hydrogen (secondary N) is 3. The van der Waals surface area contributed by atoms with Gasteiger partial charge in [-0.25, -0.2) is 14.0 Å². The summed E-state index contributed by atoms with van der Waals surface area (Å²) in [6.45, 7) is 6.10. The minimum atomic E-state index is -3.19. The van der Waals surface area contributed by atoms with Gasteiger partial charge in [0.1, 0.15) is 15.4 Å². The van der Waals surface area contributed by atoms with Crippen LogP contribution in [-0.4, -0.2) is 36.4 Å². The van der Waals surface area contributed by atoms with Gasteiger partial charge in [0.2, 0.25) is 11.1 Å². The van der Waals surface area contributed by atoms with E-state index in [9.17, 15) is 13.8 Å². The fourth-order valence-corrected chi connectivity index (χ4v) is 5.51. The van der Waals surface area contributed by atoms with E-state index in [-0.39, 0.29) is 41.5 Å². The number of amidine groups is 2. The van der Waals surface area contributed by atoms with E-state index < -0.39 is 20.6 Å². The molecule has 9 nitrogen and oxygen atoms in total. The first-order valence-electron chi connectivity index (χ1n) is 11.4. The number of carbonyl (C=O) groups excluding carboxylic acids is 1. The summed E-state index contributed by atoms with van der Waals surface area (Å²) >= 11 is 0. The van der Waals surface area contributed by atoms with Gasteiger partial charge in [-0.1, -0.05) is 63.9 Å². The Morgan fingerprint density at radius 2 is 1.82 bits per heavy atom. The highest BCUT2D eigenvalue weighted by Gasteiger charge is 2.29. The third-order valence-electron chi connectivity index (χ3n) is 5.49. The number of amides is 1. The maximum absolute atomic E-state index is 13.6. The monoisotopic (exact) mass is 472 g/mol. The zero-order chi connectivity index (χ0) is 24.0. The Hall–Kier alpha value is -3.01. The van der Waals surface area contributed by atoms with Gasteiger partial charge in [-0.2, -0.15) is 4.36 Å². The average molecular weight is 473 g/mol. The van der Waals surface area contributed by atoms with Crippen molar-refractivity contribution in [1.82, 2.24) is 14.9 Å². The molecule has 2 heterocycles. The van der Waals surface area contributed by atoms with E-state index in [1.807, 2.05) is 51.1 Å². The molecule has 3 rings (SSSR count). The maximum Gasteiger partial charge on any atom is 0.328 e. The summed E-state index contributed by atoms with van der Waals surface area (Å²) in [5.41, 5.74) is 0.605. The van der Waals surface area contributed by atoms with E-state index in [1.54, 1.807) is 0 Å². The molecule has 3 N–H and O–H groups in total. The second-order valence-electron chi connectivity index (χ2n) is 8.17. The summed E-state index contributed by atoms with van der Waals surface area (Å²) in [5, 5.41) is 10.8. The molecule has 1 aliphatic rings. The molecule has 2 aromatic rings. The standard InChI is InChI=1S/C23H32N6O3S/c1-4-10-17(11-5-2)21(30)26-19-18-20(28-33(32,14-6-3)22(24)27-19)29(23(31)25-18)15-16-12-8-7-9-13-16/h7-9,12-13,17H,4-6,10-11,14-15H2,1-3H3,(H,25,31)(H2,24,26,27,30). The van der Waals surface area contributed by atoms with E-state index in [0.29, 0.717) is 6.42 Å². The lowest BCUT2D eigenvalue weighted by Crippen LogP contribution is -2.37. The van der Waals surface area contributed by atoms with Crippen LogP contribution in [0, 0.1) is 11.3 Å². The summed E-state index contributed by atoms with van der Waals surface area (Å²) in [6.07, 6.45) is 3.68. The van der Waals surface area contributed by atoms with Crippen LogP contribution in [0.5, 0.6) is 0 Å². The third-order valence-corrected chi connectivity index (χ3v) is 7.62. The summed E-state index contributed by atoms with van der Waals surface area (Å²) < 4.78 is 19.4. The highest BCUT2D eigenvalue weighted by Crippen LogP contribution is 2.25. The van der Waals surface area contributed by atoms with Crippen molar-refractivity contribution >= 4 is 32.5 Å². The topological polar surface area (TPSA) is 133 Å². The van der Waals surface area contributed by atoms with Crippen LogP contribution in [-0.2, 0) is 21.1 Å². The molecule has 0 saturated heterocycles. The van der Waals surface area contributed by atoms with Crippen LogP contribution in [0.3, 0.4) is 0 Å². The number of rotatable bonds is 9. The fraction of sp³-hybridized carbons (Fsp3) is 0.478. The molecule has 178 valence electrons. The third kappa shape index (κ3) is 5.50. The number of aliphatic imine (C=N–C) groups is 1. The molecule has 0 bridgehead atoms. The number of carbonyl (C=O) groups is 1. The molecule has 1 atom stereocenters. The second-order valence-corrected chi connectivity index (χ2v) is 10.4. The highest BCUT2D eigenvalue weighted by atomic mass is 32.2. The molecule has 0 radical (unpaired) electrons. The zero-order valence-corrected chi connectivity index (χ0v) is 20.2. The number of imidazole rings is 1. The van der Waals surface area contributed by atoms with Crippen molar-refractivity contribution in [3.05, 3.63) is 52.1 Å². The van der Waals surface area contributed by atoms with Gasteiger partial charge in [0.15, 0.2) is 11.7 Å². The maximum atomic E-state index is 13.6. The average Bonchev–Trinajstić information content (AvgIpc) is 3.03. The summed E-state index contributed by atoms with van der Waals surface area (Å²) in [4.78, 5) is 32.8. The number of aromatic nitrogens is 2. The van der Waals surface area contributed by atoms with E-state index >= 15 is 0 Å². The van der Waals surface area contributed by atoms with Crippen LogP contribution in [0.15, 0.2) is 44.5 Å². The molecular weight excluding hydrogens is 440 g/mol. The van der Waals surface area contributed by atoms with Crippen LogP contribution in [0.25, 0.3) is 0 Å². The molecule has 1 aromatic carbocycles. The fourth-order valence-electron chi connectivity index (χ4n) is 3.88. The highest BCUT2D eigenvalue weighted by molar-refractivity contribution is 8.08. The van der Waals surface area contributed by atoms with Gasteiger partial charge in [-0.05, 0) is 24.8 Å². The molecule has 0 fully saturated rings. The summed E-state index contributed by atoms with van der Waals surface area (Å²) in [6, 6.07) is 9.38. The van der Waals surface area contributed by atoms with Gasteiger partial charge >= 0.3 is 5.69 Å². The molecule has 1 unspecified atom stereocenters. The predicted molar refractivity (Wildman–Crippen MR) is 132 cm³/mol. The SMILES string of the molecule is CCCC(CCC)C(=O)NC1=NC(=N)S(=O)(CCC)=Nc2c1[nH]c(=O)n2Cc1ccccc1. The zero-order valence-electron chi connectivity index (χ0n) is 19.4. The number of hydrogen-bond donors (Lipinski definition) is 3. The first kappa shape index (κ1) is 24.6. The van der Waals surface area contributed by atoms with Crippen molar-refractivity contribution in [2.24, 2.45) is 15.3 Å². The Labute approximate surface area is 194 Å². The van der Waals surface area contributed by atoms with Crippen LogP contribution < -0.4 is 11.0 Å². The minimum Gasteiger partial charge on any atom is -0.309 e. The Kier molecular flexibility index (Phi) is 8.01. The number of nitrogens with zero attached hydrogens (tertiary/aromatic N) is 3. The van der Waals surface area contributed by atoms with Crippen LogP contribution in [0.4, 0.5) is 5.82 Å². The lowest BCUT2D eigenvalue weighted by atomic mass is 9.97. The van der Waals surface area contributed by atoms with Gasteiger partial charge in [-0.3, -0.25) is 14.8 Å². The van der Waals surface area contributed by atoms with Crippen LogP contribution in [0.1, 0.15) is 64.1 Å². The Balaban J connectivity index is 2.11. The Morgan fingerprint density at radius 1 is 1.15 bits per heavy atom. The molecule has 1 aromatic heterocycles. The predicted octanol–water partition coefficient (Wildman–Crippen LogP) is 3.76. The van der Waals surface area contributed by atoms with Crippen molar-refractivity contribution in [2.45, 2.75) is 59.4 Å².